The Morgan fingerprint density at radius 1 is 0.949 bits per heavy atom. The van der Waals surface area contributed by atoms with E-state index in [4.69, 9.17) is 9.47 Å². The zero-order valence-corrected chi connectivity index (χ0v) is 20.9. The summed E-state index contributed by atoms with van der Waals surface area (Å²) in [7, 11) is 0. The number of alkyl halides is 6. The van der Waals surface area contributed by atoms with Crippen LogP contribution in [0.25, 0.3) is 0 Å². The molecule has 0 N–H and O–H groups in total. The Morgan fingerprint density at radius 2 is 1.59 bits per heavy atom. The zero-order valence-electron chi connectivity index (χ0n) is 20.9. The van der Waals surface area contributed by atoms with E-state index in [1.807, 2.05) is 0 Å². The molecule has 2 fully saturated rings. The van der Waals surface area contributed by atoms with Crippen molar-refractivity contribution in [3.8, 4) is 0 Å². The van der Waals surface area contributed by atoms with Gasteiger partial charge in [-0.1, -0.05) is 12.1 Å². The zero-order chi connectivity index (χ0) is 28.1. The number of nitrogens with zero attached hydrogens (tertiary/aromatic N) is 1. The Hall–Kier alpha value is -2.92. The maximum absolute atomic E-state index is 13.7. The summed E-state index contributed by atoms with van der Waals surface area (Å²) in [6, 6.07) is 7.12. The van der Waals surface area contributed by atoms with E-state index in [9.17, 15) is 35.5 Å². The first kappa shape index (κ1) is 27.6. The van der Waals surface area contributed by atoms with E-state index in [2.05, 4.69) is 4.90 Å². The number of likely N-dealkylation sites (tertiary alicyclic amines) is 1. The number of halogens is 7. The van der Waals surface area contributed by atoms with Crippen LogP contribution < -0.4 is 0 Å². The normalized spacial score (nSPS) is 26.5. The quantitative estimate of drug-likeness (QED) is 0.376. The number of hydrogen-bond donors (Lipinski definition) is 0. The van der Waals surface area contributed by atoms with Gasteiger partial charge in [0.25, 0.3) is 0 Å². The van der Waals surface area contributed by atoms with Crippen molar-refractivity contribution in [1.82, 2.24) is 4.90 Å². The Balaban J connectivity index is 1.45. The first-order valence-corrected chi connectivity index (χ1v) is 12.6. The van der Waals surface area contributed by atoms with Crippen molar-refractivity contribution in [1.29, 1.82) is 0 Å². The van der Waals surface area contributed by atoms with Gasteiger partial charge in [-0.15, -0.1) is 0 Å². The number of ether oxygens (including phenoxy) is 2. The Kier molecular flexibility index (Phi) is 7.26. The van der Waals surface area contributed by atoms with Gasteiger partial charge in [-0.3, -0.25) is 4.79 Å². The molecule has 3 aliphatic rings. The van der Waals surface area contributed by atoms with E-state index >= 15 is 0 Å². The van der Waals surface area contributed by atoms with E-state index in [0.29, 0.717) is 43.6 Å². The number of rotatable bonds is 5. The summed E-state index contributed by atoms with van der Waals surface area (Å²) in [6.45, 7) is 2.83. The van der Waals surface area contributed by atoms with Crippen molar-refractivity contribution < 1.29 is 45.0 Å². The molecule has 1 aliphatic carbocycles. The lowest BCUT2D eigenvalue weighted by Gasteiger charge is -2.40. The van der Waals surface area contributed by atoms with Crippen LogP contribution in [-0.4, -0.2) is 36.7 Å². The fourth-order valence-electron chi connectivity index (χ4n) is 5.78. The minimum absolute atomic E-state index is 0.0391. The molecular weight excluding hydrogens is 531 g/mol. The molecule has 4 nitrogen and oxygen atoms in total. The van der Waals surface area contributed by atoms with Crippen molar-refractivity contribution in [3.63, 3.8) is 0 Å². The maximum Gasteiger partial charge on any atom is 0.416 e. The largest absolute Gasteiger partial charge is 0.416 e. The summed E-state index contributed by atoms with van der Waals surface area (Å²) in [5, 5.41) is 0. The van der Waals surface area contributed by atoms with Gasteiger partial charge >= 0.3 is 12.4 Å². The summed E-state index contributed by atoms with van der Waals surface area (Å²) in [5.74, 6) is -0.894. The van der Waals surface area contributed by atoms with E-state index in [-0.39, 0.29) is 35.9 Å². The molecule has 0 unspecified atom stereocenters. The minimum atomic E-state index is -4.98. The predicted octanol–water partition coefficient (Wildman–Crippen LogP) is 6.88. The smallest absolute Gasteiger partial charge is 0.374 e. The molecule has 2 aliphatic heterocycles. The molecule has 0 bridgehead atoms. The molecule has 0 radical (unpaired) electrons. The fourth-order valence-corrected chi connectivity index (χ4v) is 5.78. The third kappa shape index (κ3) is 5.84. The number of allylic oxidation sites excluding steroid dienone is 2. The number of carbonyl (C=O) groups excluding carboxylic acids is 1. The molecule has 5 rings (SSSR count). The van der Waals surface area contributed by atoms with Crippen molar-refractivity contribution in [2.75, 3.05) is 19.7 Å². The van der Waals surface area contributed by atoms with E-state index < -0.39 is 47.6 Å². The molecule has 2 aromatic rings. The second kappa shape index (κ2) is 10.2. The minimum Gasteiger partial charge on any atom is -0.374 e. The second-order valence-electron chi connectivity index (χ2n) is 10.3. The Morgan fingerprint density at radius 3 is 2.15 bits per heavy atom. The van der Waals surface area contributed by atoms with E-state index in [1.165, 1.54) is 19.1 Å². The van der Waals surface area contributed by atoms with Gasteiger partial charge in [0.15, 0.2) is 12.1 Å². The fraction of sp³-hybridized carbons (Fsp3) is 0.464. The molecular formula is C28H26F7NO3. The standard InChI is InChI=1S/C28H26F7NO3/c1-15(17-8-19(27(30,31)32)10-20(9-17)28(33,34)35)39-26-25(16-2-4-21(29)5-3-16)24-13-36(12-18(24)14-38-26)22-6-7-23(37)11-22/h2-5,8-11,15,18,24-26H,6-7,12-14H2,1H3/t15-,18+,24-,25+,26-/m1/s1. The lowest BCUT2D eigenvalue weighted by atomic mass is 9.77. The molecule has 0 amide bonds. The van der Waals surface area contributed by atoms with Gasteiger partial charge in [-0.25, -0.2) is 4.39 Å². The number of fused-ring (bicyclic) bond motifs is 1. The van der Waals surface area contributed by atoms with Crippen LogP contribution in [0.5, 0.6) is 0 Å². The molecule has 0 saturated carbocycles. The number of benzene rings is 2. The third-order valence-electron chi connectivity index (χ3n) is 7.75. The first-order chi connectivity index (χ1) is 18.3. The van der Waals surface area contributed by atoms with Gasteiger partial charge in [0.05, 0.1) is 23.8 Å². The monoisotopic (exact) mass is 557 g/mol. The van der Waals surface area contributed by atoms with Crippen molar-refractivity contribution in [2.24, 2.45) is 11.8 Å². The summed E-state index contributed by atoms with van der Waals surface area (Å²) < 4.78 is 106. The van der Waals surface area contributed by atoms with Gasteiger partial charge in [0.2, 0.25) is 0 Å². The highest BCUT2D eigenvalue weighted by atomic mass is 19.4. The van der Waals surface area contributed by atoms with Gasteiger partial charge in [-0.05, 0) is 60.7 Å². The Labute approximate surface area is 220 Å². The average Bonchev–Trinajstić information content (AvgIpc) is 3.49. The summed E-state index contributed by atoms with van der Waals surface area (Å²) in [5.41, 5.74) is -1.52. The summed E-state index contributed by atoms with van der Waals surface area (Å²) in [6.07, 6.45) is -9.43. The molecule has 39 heavy (non-hydrogen) atoms. The molecule has 0 aromatic heterocycles. The van der Waals surface area contributed by atoms with Gasteiger partial charge in [0, 0.05) is 43.1 Å². The van der Waals surface area contributed by atoms with Crippen LogP contribution in [0.15, 0.2) is 54.2 Å². The van der Waals surface area contributed by atoms with E-state index in [1.54, 1.807) is 18.2 Å². The van der Waals surface area contributed by atoms with Gasteiger partial charge < -0.3 is 14.4 Å². The summed E-state index contributed by atoms with van der Waals surface area (Å²) in [4.78, 5) is 13.9. The molecule has 2 saturated heterocycles. The second-order valence-corrected chi connectivity index (χ2v) is 10.3. The first-order valence-electron chi connectivity index (χ1n) is 12.6. The molecule has 2 aromatic carbocycles. The third-order valence-corrected chi connectivity index (χ3v) is 7.75. The predicted molar refractivity (Wildman–Crippen MR) is 126 cm³/mol. The van der Waals surface area contributed by atoms with E-state index in [0.717, 1.165) is 5.70 Å². The number of ketones is 1. The summed E-state index contributed by atoms with van der Waals surface area (Å²) >= 11 is 0. The van der Waals surface area contributed by atoms with Crippen molar-refractivity contribution in [2.45, 2.75) is 50.4 Å². The van der Waals surface area contributed by atoms with Crippen LogP contribution in [0.4, 0.5) is 30.7 Å². The highest BCUT2D eigenvalue weighted by Gasteiger charge is 2.48. The lowest BCUT2D eigenvalue weighted by Crippen LogP contribution is -2.42. The topological polar surface area (TPSA) is 38.8 Å². The van der Waals surface area contributed by atoms with Crippen LogP contribution in [0, 0.1) is 17.7 Å². The number of carbonyl (C=O) groups is 1. The molecule has 11 heteroatoms. The average molecular weight is 558 g/mol. The van der Waals surface area contributed by atoms with Crippen LogP contribution >= 0.6 is 0 Å². The Bertz CT molecular complexity index is 1220. The van der Waals surface area contributed by atoms with Gasteiger partial charge in [0.1, 0.15) is 5.82 Å². The highest BCUT2D eigenvalue weighted by Crippen LogP contribution is 2.46. The highest BCUT2D eigenvalue weighted by molar-refractivity contribution is 5.92. The molecule has 0 spiro atoms. The molecule has 210 valence electrons. The van der Waals surface area contributed by atoms with Crippen LogP contribution in [0.3, 0.4) is 0 Å². The van der Waals surface area contributed by atoms with Crippen molar-refractivity contribution >= 4 is 5.78 Å². The van der Waals surface area contributed by atoms with Crippen molar-refractivity contribution in [3.05, 3.63) is 82.3 Å². The van der Waals surface area contributed by atoms with Crippen LogP contribution in [0.1, 0.15) is 54.0 Å². The van der Waals surface area contributed by atoms with Crippen LogP contribution in [-0.2, 0) is 26.6 Å². The molecule has 2 heterocycles. The molecule has 5 atom stereocenters. The van der Waals surface area contributed by atoms with Gasteiger partial charge in [-0.2, -0.15) is 26.3 Å². The maximum atomic E-state index is 13.7. The lowest BCUT2D eigenvalue weighted by molar-refractivity contribution is -0.217. The van der Waals surface area contributed by atoms with Crippen LogP contribution in [0.2, 0.25) is 0 Å². The SMILES string of the molecule is C[C@@H](O[C@H]1OC[C@@H]2CN(C3=CC(=O)CC3)C[C@H]2[C@@H]1c1ccc(F)cc1)c1cc(C(F)(F)F)cc(C(F)(F)F)c1. The number of hydrogen-bond acceptors (Lipinski definition) is 4.